The van der Waals surface area contributed by atoms with Crippen molar-refractivity contribution in [1.82, 2.24) is 9.80 Å². The number of carbonyl (C=O) groups is 1. The third kappa shape index (κ3) is 2.03. The van der Waals surface area contributed by atoms with Crippen molar-refractivity contribution in [1.29, 1.82) is 0 Å². The molecule has 2 aliphatic rings. The fourth-order valence-corrected chi connectivity index (χ4v) is 3.03. The van der Waals surface area contributed by atoms with Crippen LogP contribution in [-0.2, 0) is 0 Å². The van der Waals surface area contributed by atoms with Gasteiger partial charge in [-0.05, 0) is 19.3 Å². The van der Waals surface area contributed by atoms with Crippen LogP contribution in [0, 0.1) is 5.92 Å². The molecule has 2 rings (SSSR count). The Bertz CT molecular complexity index is 280. The van der Waals surface area contributed by atoms with Gasteiger partial charge in [-0.3, -0.25) is 0 Å². The Hall–Kier alpha value is -0.770. The lowest BCUT2D eigenvalue weighted by Crippen LogP contribution is -2.56. The quantitative estimate of drug-likeness (QED) is 0.676. The second-order valence-corrected chi connectivity index (χ2v) is 5.42. The largest absolute Gasteiger partial charge is 0.389 e. The maximum absolute atomic E-state index is 11.8. The first-order valence-electron chi connectivity index (χ1n) is 6.21. The van der Waals surface area contributed by atoms with Crippen molar-refractivity contribution >= 4 is 6.03 Å². The van der Waals surface area contributed by atoms with Gasteiger partial charge in [0.2, 0.25) is 0 Å². The van der Waals surface area contributed by atoms with Crippen LogP contribution in [0.1, 0.15) is 32.1 Å². The van der Waals surface area contributed by atoms with Crippen molar-refractivity contribution in [3.63, 3.8) is 0 Å². The van der Waals surface area contributed by atoms with Gasteiger partial charge in [0, 0.05) is 33.1 Å². The van der Waals surface area contributed by atoms with E-state index in [9.17, 15) is 9.90 Å². The van der Waals surface area contributed by atoms with E-state index in [0.29, 0.717) is 12.5 Å². The van der Waals surface area contributed by atoms with E-state index in [2.05, 4.69) is 0 Å². The summed E-state index contributed by atoms with van der Waals surface area (Å²) in [7, 11) is 3.56. The summed E-state index contributed by atoms with van der Waals surface area (Å²) in [6, 6.07) is 0.0765. The average molecular weight is 226 g/mol. The molecule has 1 saturated carbocycles. The Kier molecular flexibility index (Phi) is 3.10. The monoisotopic (exact) mass is 226 g/mol. The maximum Gasteiger partial charge on any atom is 0.319 e. The van der Waals surface area contributed by atoms with Gasteiger partial charge in [-0.15, -0.1) is 0 Å². The Morgan fingerprint density at radius 1 is 1.38 bits per heavy atom. The summed E-state index contributed by atoms with van der Waals surface area (Å²) in [5.41, 5.74) is -0.485. The van der Waals surface area contributed by atoms with E-state index < -0.39 is 5.60 Å². The molecule has 0 aromatic heterocycles. The number of hydrogen-bond donors (Lipinski definition) is 1. The lowest BCUT2D eigenvalue weighted by molar-refractivity contribution is -0.0883. The molecule has 4 nitrogen and oxygen atoms in total. The predicted octanol–water partition coefficient (Wildman–Crippen LogP) is 1.29. The molecule has 92 valence electrons. The van der Waals surface area contributed by atoms with Crippen LogP contribution in [0.2, 0.25) is 0 Å². The van der Waals surface area contributed by atoms with E-state index in [1.165, 1.54) is 6.42 Å². The lowest BCUT2D eigenvalue weighted by atomic mass is 9.71. The van der Waals surface area contributed by atoms with Gasteiger partial charge < -0.3 is 14.9 Å². The fourth-order valence-electron chi connectivity index (χ4n) is 3.03. The highest BCUT2D eigenvalue weighted by Crippen LogP contribution is 2.39. The van der Waals surface area contributed by atoms with Crippen molar-refractivity contribution in [3.05, 3.63) is 0 Å². The predicted molar refractivity (Wildman–Crippen MR) is 62.2 cm³/mol. The highest BCUT2D eigenvalue weighted by molar-refractivity contribution is 5.74. The lowest BCUT2D eigenvalue weighted by Gasteiger charge is -2.47. The summed E-state index contributed by atoms with van der Waals surface area (Å²) in [4.78, 5) is 15.3. The number of urea groups is 1. The molecule has 1 aliphatic carbocycles. The second-order valence-electron chi connectivity index (χ2n) is 5.42. The molecule has 0 aromatic carbocycles. The van der Waals surface area contributed by atoms with Crippen LogP contribution in [0.5, 0.6) is 0 Å². The van der Waals surface area contributed by atoms with Crippen LogP contribution in [-0.4, -0.2) is 53.7 Å². The van der Waals surface area contributed by atoms with Gasteiger partial charge in [0.15, 0.2) is 0 Å². The highest BCUT2D eigenvalue weighted by atomic mass is 16.3. The summed E-state index contributed by atoms with van der Waals surface area (Å²) >= 11 is 0. The topological polar surface area (TPSA) is 43.8 Å². The molecular formula is C12H22N2O2. The van der Waals surface area contributed by atoms with Crippen LogP contribution in [0.3, 0.4) is 0 Å². The summed E-state index contributed by atoms with van der Waals surface area (Å²) in [5.74, 6) is 0.291. The number of hydrogen-bond acceptors (Lipinski definition) is 2. The average Bonchev–Trinajstić information content (AvgIpc) is 2.26. The zero-order valence-corrected chi connectivity index (χ0v) is 10.3. The molecular weight excluding hydrogens is 204 g/mol. The van der Waals surface area contributed by atoms with Crippen molar-refractivity contribution in [2.24, 2.45) is 5.92 Å². The molecule has 0 radical (unpaired) electrons. The molecule has 2 amide bonds. The van der Waals surface area contributed by atoms with Gasteiger partial charge in [-0.1, -0.05) is 12.8 Å². The van der Waals surface area contributed by atoms with E-state index in [0.717, 1.165) is 32.2 Å². The number of nitrogens with zero attached hydrogens (tertiary/aromatic N) is 2. The van der Waals surface area contributed by atoms with Gasteiger partial charge in [0.1, 0.15) is 0 Å². The van der Waals surface area contributed by atoms with Crippen LogP contribution in [0.15, 0.2) is 0 Å². The molecule has 0 bridgehead atoms. The SMILES string of the molecule is CN(C)C(=O)N1CCC2(O)CCCCC2C1. The Labute approximate surface area is 97.2 Å². The standard InChI is InChI=1S/C12H22N2O2/c1-13(2)11(15)14-8-7-12(16)6-4-3-5-10(12)9-14/h10,16H,3-9H2,1-2H3. The van der Waals surface area contributed by atoms with E-state index >= 15 is 0 Å². The molecule has 1 heterocycles. The number of rotatable bonds is 0. The van der Waals surface area contributed by atoms with E-state index in [1.807, 2.05) is 4.90 Å². The van der Waals surface area contributed by atoms with Crippen LogP contribution in [0.4, 0.5) is 4.79 Å². The third-order valence-electron chi connectivity index (χ3n) is 4.08. The molecule has 4 heteroatoms. The van der Waals surface area contributed by atoms with Crippen molar-refractivity contribution < 1.29 is 9.90 Å². The molecule has 2 unspecified atom stereocenters. The summed E-state index contributed by atoms with van der Waals surface area (Å²) in [5, 5.41) is 10.5. The molecule has 0 aromatic rings. The molecule has 2 fully saturated rings. The van der Waals surface area contributed by atoms with Gasteiger partial charge in [0.25, 0.3) is 0 Å². The molecule has 1 aliphatic heterocycles. The van der Waals surface area contributed by atoms with E-state index in [1.54, 1.807) is 19.0 Å². The molecule has 2 atom stereocenters. The summed E-state index contributed by atoms with van der Waals surface area (Å²) in [6.07, 6.45) is 5.05. The number of piperidine rings is 1. The maximum atomic E-state index is 11.8. The molecule has 1 saturated heterocycles. The number of amides is 2. The number of likely N-dealkylation sites (tertiary alicyclic amines) is 1. The van der Waals surface area contributed by atoms with E-state index in [-0.39, 0.29) is 6.03 Å². The summed E-state index contributed by atoms with van der Waals surface area (Å²) < 4.78 is 0. The Morgan fingerprint density at radius 2 is 2.12 bits per heavy atom. The van der Waals surface area contributed by atoms with Crippen molar-refractivity contribution in [2.75, 3.05) is 27.2 Å². The number of aliphatic hydroxyl groups is 1. The first kappa shape index (κ1) is 11.7. The van der Waals surface area contributed by atoms with E-state index in [4.69, 9.17) is 0 Å². The Balaban J connectivity index is 2.02. The van der Waals surface area contributed by atoms with Gasteiger partial charge in [-0.2, -0.15) is 0 Å². The van der Waals surface area contributed by atoms with Gasteiger partial charge in [-0.25, -0.2) is 4.79 Å². The smallest absolute Gasteiger partial charge is 0.319 e. The Morgan fingerprint density at radius 3 is 2.81 bits per heavy atom. The fraction of sp³-hybridized carbons (Fsp3) is 0.917. The normalized spacial score (nSPS) is 34.4. The van der Waals surface area contributed by atoms with Crippen molar-refractivity contribution in [3.8, 4) is 0 Å². The summed E-state index contributed by atoms with van der Waals surface area (Å²) in [6.45, 7) is 1.43. The van der Waals surface area contributed by atoms with Crippen LogP contribution < -0.4 is 0 Å². The highest BCUT2D eigenvalue weighted by Gasteiger charge is 2.43. The molecule has 1 N–H and O–H groups in total. The molecule has 0 spiro atoms. The van der Waals surface area contributed by atoms with Gasteiger partial charge in [0.05, 0.1) is 5.60 Å². The number of fused-ring (bicyclic) bond motifs is 1. The number of carbonyl (C=O) groups excluding carboxylic acids is 1. The third-order valence-corrected chi connectivity index (χ3v) is 4.08. The first-order chi connectivity index (χ1) is 7.53. The molecule has 16 heavy (non-hydrogen) atoms. The van der Waals surface area contributed by atoms with Crippen molar-refractivity contribution in [2.45, 2.75) is 37.7 Å². The van der Waals surface area contributed by atoms with Crippen LogP contribution >= 0.6 is 0 Å². The minimum Gasteiger partial charge on any atom is -0.389 e. The zero-order valence-electron chi connectivity index (χ0n) is 10.3. The minimum atomic E-state index is -0.485. The zero-order chi connectivity index (χ0) is 11.8. The van der Waals surface area contributed by atoms with Crippen LogP contribution in [0.25, 0.3) is 0 Å². The minimum absolute atomic E-state index is 0.0765. The first-order valence-corrected chi connectivity index (χ1v) is 6.21. The second kappa shape index (κ2) is 4.24. The van der Waals surface area contributed by atoms with Gasteiger partial charge >= 0.3 is 6.03 Å².